The first-order chi connectivity index (χ1) is 18.3. The third kappa shape index (κ3) is 5.25. The first kappa shape index (κ1) is 28.9. The van der Waals surface area contributed by atoms with Crippen LogP contribution in [0.1, 0.15) is 92.1 Å². The van der Waals surface area contributed by atoms with Crippen molar-refractivity contribution in [2.24, 2.45) is 46.3 Å². The number of hydrogen-bond acceptors (Lipinski definition) is 3. The van der Waals surface area contributed by atoms with Crippen LogP contribution in [0.25, 0.3) is 0 Å². The summed E-state index contributed by atoms with van der Waals surface area (Å²) in [6.07, 6.45) is 17.2. The van der Waals surface area contributed by atoms with Gasteiger partial charge in [0.25, 0.3) is 10.1 Å². The molecule has 5 rings (SSSR count). The van der Waals surface area contributed by atoms with Crippen LogP contribution in [0, 0.1) is 53.3 Å². The number of rotatable bonds is 7. The first-order valence-electron chi connectivity index (χ1n) is 15.4. The van der Waals surface area contributed by atoms with Crippen molar-refractivity contribution < 1.29 is 12.6 Å². The van der Waals surface area contributed by atoms with Gasteiger partial charge in [0, 0.05) is 0 Å². The van der Waals surface area contributed by atoms with Gasteiger partial charge in [-0.1, -0.05) is 94.7 Å². The van der Waals surface area contributed by atoms with Crippen molar-refractivity contribution in [3.63, 3.8) is 0 Å². The Morgan fingerprint density at radius 3 is 2.31 bits per heavy atom. The van der Waals surface area contributed by atoms with Gasteiger partial charge < -0.3 is 0 Å². The van der Waals surface area contributed by atoms with E-state index in [2.05, 4.69) is 65.8 Å². The molecule has 0 radical (unpaired) electrons. The summed E-state index contributed by atoms with van der Waals surface area (Å²) in [7, 11) is -3.76. The zero-order valence-electron chi connectivity index (χ0n) is 25.2. The maximum atomic E-state index is 13.0. The summed E-state index contributed by atoms with van der Waals surface area (Å²) in [6.45, 7) is 16.4. The zero-order chi connectivity index (χ0) is 28.2. The number of hydrogen-bond donors (Lipinski definition) is 0. The summed E-state index contributed by atoms with van der Waals surface area (Å²) >= 11 is 0. The van der Waals surface area contributed by atoms with Crippen molar-refractivity contribution in [1.29, 1.82) is 0 Å². The van der Waals surface area contributed by atoms with Crippen LogP contribution in [-0.2, 0) is 14.3 Å². The molecular formula is C35H50O3S. The van der Waals surface area contributed by atoms with Gasteiger partial charge in [-0.25, -0.2) is 0 Å². The van der Waals surface area contributed by atoms with E-state index in [9.17, 15) is 8.42 Å². The second-order valence-corrected chi connectivity index (χ2v) is 15.8. The van der Waals surface area contributed by atoms with Crippen molar-refractivity contribution in [3.8, 4) is 0 Å². The van der Waals surface area contributed by atoms with Gasteiger partial charge in [0.1, 0.15) is 0 Å². The molecule has 0 aromatic heterocycles. The van der Waals surface area contributed by atoms with Crippen LogP contribution >= 0.6 is 0 Å². The molecule has 3 nitrogen and oxygen atoms in total. The monoisotopic (exact) mass is 550 g/mol. The van der Waals surface area contributed by atoms with E-state index >= 15 is 0 Å². The third-order valence-electron chi connectivity index (χ3n) is 11.6. The molecule has 0 saturated heterocycles. The molecule has 39 heavy (non-hydrogen) atoms. The lowest BCUT2D eigenvalue weighted by molar-refractivity contribution is 0.0439. The molecule has 0 unspecified atom stereocenters. The van der Waals surface area contributed by atoms with Crippen LogP contribution in [0.5, 0.6) is 0 Å². The SMILES string of the molecule is Cc1ccc(S(=O)(=O)O[C@H]2CC[C@@]3(C)C(=CC=C4[C@@H]5CC[C@H]([C@H](C)C=C[C@H](C)C(C)C)[C@@]5(C)CC[C@@H]43)C2)cc1. The highest BCUT2D eigenvalue weighted by atomic mass is 32.2. The molecule has 3 saturated carbocycles. The Hall–Kier alpha value is -1.65. The van der Waals surface area contributed by atoms with Gasteiger partial charge in [-0.2, -0.15) is 8.42 Å². The normalized spacial score (nSPS) is 36.1. The standard InChI is InChI=1S/C35H50O3S/c1-23(2)25(4)10-11-26(5)31-16-17-32-30-15-12-27-22-28(38-39(36,37)29-13-8-24(3)9-14-29)18-20-34(27,6)33(30)19-21-35(31,32)7/h8-15,23,25-26,28,31-33H,16-22H2,1-7H3/t25-,26+,28-,31+,32-,33-,34-,35+/m0/s1. The molecule has 0 heterocycles. The van der Waals surface area contributed by atoms with E-state index < -0.39 is 10.1 Å². The van der Waals surface area contributed by atoms with Gasteiger partial charge in [0.15, 0.2) is 0 Å². The molecule has 0 bridgehead atoms. The lowest BCUT2D eigenvalue weighted by Crippen LogP contribution is -2.46. The molecule has 4 aliphatic rings. The molecular weight excluding hydrogens is 500 g/mol. The Morgan fingerprint density at radius 1 is 0.897 bits per heavy atom. The second kappa shape index (κ2) is 10.6. The van der Waals surface area contributed by atoms with Gasteiger partial charge in [0.2, 0.25) is 0 Å². The molecule has 4 heteroatoms. The Balaban J connectivity index is 1.32. The van der Waals surface area contributed by atoms with Crippen molar-refractivity contribution in [1.82, 2.24) is 0 Å². The van der Waals surface area contributed by atoms with Crippen LogP contribution in [-0.4, -0.2) is 14.5 Å². The predicted molar refractivity (Wildman–Crippen MR) is 161 cm³/mol. The molecule has 1 aromatic rings. The van der Waals surface area contributed by atoms with E-state index in [-0.39, 0.29) is 16.4 Å². The van der Waals surface area contributed by atoms with Gasteiger partial charge >= 0.3 is 0 Å². The molecule has 3 fully saturated rings. The van der Waals surface area contributed by atoms with E-state index in [1.165, 1.54) is 31.3 Å². The van der Waals surface area contributed by atoms with Crippen molar-refractivity contribution in [2.75, 3.05) is 0 Å². The Kier molecular flexibility index (Phi) is 7.87. The van der Waals surface area contributed by atoms with E-state index in [0.717, 1.165) is 24.3 Å². The Morgan fingerprint density at radius 2 is 1.62 bits per heavy atom. The smallest absolute Gasteiger partial charge is 0.263 e. The lowest BCUT2D eigenvalue weighted by atomic mass is 9.50. The summed E-state index contributed by atoms with van der Waals surface area (Å²) < 4.78 is 31.8. The average Bonchev–Trinajstić information content (AvgIpc) is 3.24. The fourth-order valence-electron chi connectivity index (χ4n) is 8.60. The van der Waals surface area contributed by atoms with Crippen LogP contribution in [0.2, 0.25) is 0 Å². The van der Waals surface area contributed by atoms with E-state index in [1.54, 1.807) is 17.7 Å². The third-order valence-corrected chi connectivity index (χ3v) is 13.0. The highest BCUT2D eigenvalue weighted by Gasteiger charge is 2.57. The predicted octanol–water partition coefficient (Wildman–Crippen LogP) is 9.05. The molecule has 4 aliphatic carbocycles. The van der Waals surface area contributed by atoms with Crippen molar-refractivity contribution >= 4 is 10.1 Å². The number of aryl methyl sites for hydroxylation is 1. The van der Waals surface area contributed by atoms with Crippen LogP contribution in [0.4, 0.5) is 0 Å². The summed E-state index contributed by atoms with van der Waals surface area (Å²) in [5, 5.41) is 0. The van der Waals surface area contributed by atoms with E-state index in [1.807, 2.05) is 19.1 Å². The molecule has 0 aliphatic heterocycles. The minimum absolute atomic E-state index is 0.120. The fraction of sp³-hybridized carbons (Fsp3) is 0.657. The Bertz CT molecular complexity index is 1250. The van der Waals surface area contributed by atoms with Gasteiger partial charge in [-0.05, 0) is 110 Å². The molecule has 0 N–H and O–H groups in total. The summed E-state index contributed by atoms with van der Waals surface area (Å²) in [4.78, 5) is 0.256. The first-order valence-corrected chi connectivity index (χ1v) is 16.9. The maximum absolute atomic E-state index is 13.0. The molecule has 0 spiro atoms. The summed E-state index contributed by atoms with van der Waals surface area (Å²) in [6, 6.07) is 6.97. The number of allylic oxidation sites excluding steroid dienone is 5. The summed E-state index contributed by atoms with van der Waals surface area (Å²) in [5.41, 5.74) is 4.62. The molecule has 8 atom stereocenters. The Labute approximate surface area is 238 Å². The highest BCUT2D eigenvalue weighted by molar-refractivity contribution is 7.86. The van der Waals surface area contributed by atoms with Crippen molar-refractivity contribution in [3.05, 3.63) is 65.3 Å². The van der Waals surface area contributed by atoms with Gasteiger partial charge in [-0.3, -0.25) is 4.18 Å². The van der Waals surface area contributed by atoms with Crippen molar-refractivity contribution in [2.45, 2.75) is 104 Å². The molecule has 0 amide bonds. The van der Waals surface area contributed by atoms with Crippen LogP contribution in [0.15, 0.2) is 64.6 Å². The number of fused-ring (bicyclic) bond motifs is 5. The van der Waals surface area contributed by atoms with E-state index in [0.29, 0.717) is 41.4 Å². The average molecular weight is 551 g/mol. The minimum Gasteiger partial charge on any atom is -0.263 e. The van der Waals surface area contributed by atoms with Gasteiger partial charge in [-0.15, -0.1) is 0 Å². The topological polar surface area (TPSA) is 43.4 Å². The van der Waals surface area contributed by atoms with Crippen LogP contribution < -0.4 is 0 Å². The molecule has 1 aromatic carbocycles. The maximum Gasteiger partial charge on any atom is 0.297 e. The highest BCUT2D eigenvalue weighted by Crippen LogP contribution is 2.66. The quantitative estimate of drug-likeness (QED) is 0.251. The summed E-state index contributed by atoms with van der Waals surface area (Å²) in [5.74, 6) is 3.93. The minimum atomic E-state index is -3.76. The van der Waals surface area contributed by atoms with Crippen LogP contribution in [0.3, 0.4) is 0 Å². The second-order valence-electron chi connectivity index (χ2n) is 14.2. The van der Waals surface area contributed by atoms with E-state index in [4.69, 9.17) is 4.18 Å². The zero-order valence-corrected chi connectivity index (χ0v) is 26.1. The number of benzene rings is 1. The largest absolute Gasteiger partial charge is 0.297 e. The molecule has 214 valence electrons. The van der Waals surface area contributed by atoms with Gasteiger partial charge in [0.05, 0.1) is 11.0 Å². The lowest BCUT2D eigenvalue weighted by Gasteiger charge is -2.55. The fourth-order valence-corrected chi connectivity index (χ4v) is 9.71.